The van der Waals surface area contributed by atoms with Gasteiger partial charge in [-0.3, -0.25) is 4.79 Å². The lowest BCUT2D eigenvalue weighted by atomic mass is 10.2. The lowest BCUT2D eigenvalue weighted by Gasteiger charge is -2.16. The molecule has 7 heteroatoms. The number of carbonyl (C=O) groups is 2. The molecule has 0 aliphatic rings. The lowest BCUT2D eigenvalue weighted by Crippen LogP contribution is -2.30. The highest BCUT2D eigenvalue weighted by Crippen LogP contribution is 2.27. The Balaban J connectivity index is 1.71. The highest BCUT2D eigenvalue weighted by Gasteiger charge is 2.16. The number of esters is 1. The van der Waals surface area contributed by atoms with Gasteiger partial charge in [-0.25, -0.2) is 9.78 Å². The van der Waals surface area contributed by atoms with Crippen LogP contribution in [0.2, 0.25) is 0 Å². The number of anilines is 2. The number of nitrogens with zero attached hydrogens (tertiary/aromatic N) is 2. The minimum absolute atomic E-state index is 0.120. The maximum absolute atomic E-state index is 12.3. The van der Waals surface area contributed by atoms with Crippen molar-refractivity contribution in [2.24, 2.45) is 0 Å². The number of aromatic nitrogens is 1. The predicted octanol–water partition coefficient (Wildman–Crippen LogP) is 3.16. The van der Waals surface area contributed by atoms with Crippen molar-refractivity contribution >= 4 is 44.2 Å². The van der Waals surface area contributed by atoms with Crippen LogP contribution in [0.15, 0.2) is 48.5 Å². The fourth-order valence-corrected chi connectivity index (χ4v) is 3.30. The van der Waals surface area contributed by atoms with Crippen molar-refractivity contribution in [3.05, 3.63) is 54.1 Å². The molecular formula is C18H17N3O3S. The Morgan fingerprint density at radius 2 is 1.88 bits per heavy atom. The molecule has 0 spiro atoms. The molecule has 0 aliphatic carbocycles. The summed E-state index contributed by atoms with van der Waals surface area (Å²) in [6.45, 7) is 0.120. The largest absolute Gasteiger partial charge is 0.465 e. The molecule has 0 radical (unpaired) electrons. The van der Waals surface area contributed by atoms with Crippen LogP contribution in [0.5, 0.6) is 0 Å². The van der Waals surface area contributed by atoms with Crippen LogP contribution in [0.3, 0.4) is 0 Å². The van der Waals surface area contributed by atoms with Crippen LogP contribution >= 0.6 is 11.3 Å². The zero-order valence-electron chi connectivity index (χ0n) is 13.9. The average molecular weight is 355 g/mol. The molecule has 6 nitrogen and oxygen atoms in total. The van der Waals surface area contributed by atoms with Crippen molar-refractivity contribution in [3.63, 3.8) is 0 Å². The molecule has 1 aromatic heterocycles. The van der Waals surface area contributed by atoms with Crippen molar-refractivity contribution in [1.82, 2.24) is 4.98 Å². The first-order valence-electron chi connectivity index (χ1n) is 7.62. The molecule has 0 aliphatic heterocycles. The van der Waals surface area contributed by atoms with E-state index in [1.165, 1.54) is 18.4 Å². The number of thiazole rings is 1. The standard InChI is InChI=1S/C18H17N3O3S/c1-21(18-20-14-9-5-6-10-15(14)25-18)11-16(22)19-13-8-4-3-7-12(13)17(23)24-2/h3-10H,11H2,1-2H3,(H,19,22). The first-order chi connectivity index (χ1) is 12.1. The Hall–Kier alpha value is -2.93. The molecule has 3 rings (SSSR count). The van der Waals surface area contributed by atoms with Gasteiger partial charge >= 0.3 is 5.97 Å². The number of carbonyl (C=O) groups excluding carboxylic acids is 2. The monoisotopic (exact) mass is 355 g/mol. The molecule has 128 valence electrons. The van der Waals surface area contributed by atoms with Crippen molar-refractivity contribution in [2.75, 3.05) is 30.9 Å². The molecule has 0 fully saturated rings. The fraction of sp³-hybridized carbons (Fsp3) is 0.167. The van der Waals surface area contributed by atoms with Crippen molar-refractivity contribution in [3.8, 4) is 0 Å². The zero-order valence-corrected chi connectivity index (χ0v) is 14.7. The van der Waals surface area contributed by atoms with Crippen LogP contribution in [0, 0.1) is 0 Å². The van der Waals surface area contributed by atoms with Crippen LogP contribution in [-0.2, 0) is 9.53 Å². The van der Waals surface area contributed by atoms with Crippen LogP contribution < -0.4 is 10.2 Å². The van der Waals surface area contributed by atoms with E-state index in [0.29, 0.717) is 11.3 Å². The topological polar surface area (TPSA) is 71.5 Å². The summed E-state index contributed by atoms with van der Waals surface area (Å²) in [7, 11) is 3.12. The second kappa shape index (κ2) is 7.31. The highest BCUT2D eigenvalue weighted by atomic mass is 32.1. The van der Waals surface area contributed by atoms with Gasteiger partial charge < -0.3 is 15.0 Å². The maximum Gasteiger partial charge on any atom is 0.339 e. The van der Waals surface area contributed by atoms with E-state index in [1.807, 2.05) is 31.3 Å². The Morgan fingerprint density at radius 1 is 1.16 bits per heavy atom. The summed E-state index contributed by atoms with van der Waals surface area (Å²) in [5.74, 6) is -0.728. The molecule has 25 heavy (non-hydrogen) atoms. The van der Waals surface area contributed by atoms with Crippen LogP contribution in [-0.4, -0.2) is 37.6 Å². The molecule has 0 unspecified atom stereocenters. The van der Waals surface area contributed by atoms with Gasteiger partial charge in [-0.05, 0) is 24.3 Å². The number of likely N-dealkylation sites (N-methyl/N-ethyl adjacent to an activating group) is 1. The summed E-state index contributed by atoms with van der Waals surface area (Å²) >= 11 is 1.53. The molecule has 0 atom stereocenters. The molecule has 0 saturated heterocycles. The molecule has 0 bridgehead atoms. The maximum atomic E-state index is 12.3. The number of nitrogens with one attached hydrogen (secondary N) is 1. The second-order valence-electron chi connectivity index (χ2n) is 5.41. The summed E-state index contributed by atoms with van der Waals surface area (Å²) in [5, 5.41) is 3.52. The van der Waals surface area contributed by atoms with Gasteiger partial charge in [0.25, 0.3) is 0 Å². The quantitative estimate of drug-likeness (QED) is 0.712. The number of benzene rings is 2. The Bertz CT molecular complexity index is 890. The molecule has 3 aromatic rings. The van der Waals surface area contributed by atoms with E-state index >= 15 is 0 Å². The molecule has 2 aromatic carbocycles. The van der Waals surface area contributed by atoms with Crippen LogP contribution in [0.4, 0.5) is 10.8 Å². The van der Waals surface area contributed by atoms with Gasteiger partial charge in [0.1, 0.15) is 0 Å². The smallest absolute Gasteiger partial charge is 0.339 e. The number of hydrogen-bond donors (Lipinski definition) is 1. The summed E-state index contributed by atoms with van der Waals surface area (Å²) in [6, 6.07) is 14.6. The summed E-state index contributed by atoms with van der Waals surface area (Å²) in [4.78, 5) is 30.4. The van der Waals surface area contributed by atoms with Gasteiger partial charge in [-0.15, -0.1) is 0 Å². The molecule has 1 amide bonds. The SMILES string of the molecule is COC(=O)c1ccccc1NC(=O)CN(C)c1nc2ccccc2s1. The van der Waals surface area contributed by atoms with Crippen LogP contribution in [0.1, 0.15) is 10.4 Å². The minimum atomic E-state index is -0.490. The summed E-state index contributed by atoms with van der Waals surface area (Å²) < 4.78 is 5.80. The van der Waals surface area contributed by atoms with E-state index in [2.05, 4.69) is 10.3 Å². The van der Waals surface area contributed by atoms with E-state index < -0.39 is 5.97 Å². The van der Waals surface area contributed by atoms with Crippen LogP contribution in [0.25, 0.3) is 10.2 Å². The van der Waals surface area contributed by atoms with Gasteiger partial charge in [0.2, 0.25) is 5.91 Å². The lowest BCUT2D eigenvalue weighted by molar-refractivity contribution is -0.114. The molecular weight excluding hydrogens is 338 g/mol. The third kappa shape index (κ3) is 3.77. The van der Waals surface area contributed by atoms with E-state index in [1.54, 1.807) is 29.2 Å². The number of ether oxygens (including phenoxy) is 1. The third-order valence-corrected chi connectivity index (χ3v) is 4.75. The van der Waals surface area contributed by atoms with Gasteiger partial charge in [-0.2, -0.15) is 0 Å². The highest BCUT2D eigenvalue weighted by molar-refractivity contribution is 7.22. The summed E-state index contributed by atoms with van der Waals surface area (Å²) in [5.41, 5.74) is 1.66. The second-order valence-corrected chi connectivity index (χ2v) is 6.41. The fourth-order valence-electron chi connectivity index (χ4n) is 2.38. The number of hydrogen-bond acceptors (Lipinski definition) is 6. The van der Waals surface area contributed by atoms with E-state index in [4.69, 9.17) is 4.74 Å². The van der Waals surface area contributed by atoms with E-state index in [0.717, 1.165) is 15.3 Å². The van der Waals surface area contributed by atoms with Crippen molar-refractivity contribution in [1.29, 1.82) is 0 Å². The van der Waals surface area contributed by atoms with Crippen molar-refractivity contribution in [2.45, 2.75) is 0 Å². The zero-order chi connectivity index (χ0) is 17.8. The average Bonchev–Trinajstić information content (AvgIpc) is 3.06. The predicted molar refractivity (Wildman–Crippen MR) is 99.3 cm³/mol. The van der Waals surface area contributed by atoms with E-state index in [-0.39, 0.29) is 12.5 Å². The Labute approximate surface area is 149 Å². The normalized spacial score (nSPS) is 10.5. The van der Waals surface area contributed by atoms with Gasteiger partial charge in [0.15, 0.2) is 5.13 Å². The minimum Gasteiger partial charge on any atom is -0.465 e. The Kier molecular flexibility index (Phi) is 4.95. The first-order valence-corrected chi connectivity index (χ1v) is 8.44. The number of methoxy groups -OCH3 is 1. The van der Waals surface area contributed by atoms with Gasteiger partial charge in [-0.1, -0.05) is 35.6 Å². The molecule has 0 saturated carbocycles. The van der Waals surface area contributed by atoms with Gasteiger partial charge in [0.05, 0.1) is 35.1 Å². The van der Waals surface area contributed by atoms with Gasteiger partial charge in [0, 0.05) is 7.05 Å². The Morgan fingerprint density at radius 3 is 2.64 bits per heavy atom. The summed E-state index contributed by atoms with van der Waals surface area (Å²) in [6.07, 6.45) is 0. The third-order valence-electron chi connectivity index (χ3n) is 3.60. The molecule has 1 N–H and O–H groups in total. The van der Waals surface area contributed by atoms with Crippen molar-refractivity contribution < 1.29 is 14.3 Å². The molecule has 1 heterocycles. The van der Waals surface area contributed by atoms with E-state index in [9.17, 15) is 9.59 Å². The number of amides is 1. The number of fused-ring (bicyclic) bond motifs is 1. The first kappa shape index (κ1) is 16.9. The number of rotatable bonds is 5. The number of para-hydroxylation sites is 2.